The van der Waals surface area contributed by atoms with Gasteiger partial charge in [0, 0.05) is 46.8 Å². The standard InChI is InChI=1S/C19H19N5O.C3H4/c1-12(20)18(23-13(2)15-4-3-8-21-11-15)19(25)24-16-6-5-14-7-9-22-17(14)10-16;1-3-2/h3-11,22H,20H2,1-2H3,(H,24,25);1H,2H3/b18-12+,23-13?;. The molecular weight excluding hydrogens is 350 g/mol. The Labute approximate surface area is 164 Å². The molecule has 0 unspecified atom stereocenters. The first kappa shape index (κ1) is 20.5. The lowest BCUT2D eigenvalue weighted by molar-refractivity contribution is -0.112. The Kier molecular flexibility index (Phi) is 7.12. The van der Waals surface area contributed by atoms with Gasteiger partial charge in [-0.1, -0.05) is 12.1 Å². The molecular formula is C22H23N5O. The topological polar surface area (TPSA) is 96.2 Å². The number of fused-ring (bicyclic) bond motifs is 1. The number of amides is 1. The number of carbonyl (C=O) groups is 1. The Bertz CT molecular complexity index is 1050. The van der Waals surface area contributed by atoms with E-state index in [1.54, 1.807) is 26.2 Å². The van der Waals surface area contributed by atoms with Gasteiger partial charge in [0.15, 0.2) is 0 Å². The van der Waals surface area contributed by atoms with E-state index in [0.717, 1.165) is 16.5 Å². The van der Waals surface area contributed by atoms with Crippen LogP contribution >= 0.6 is 0 Å². The first-order valence-corrected chi connectivity index (χ1v) is 8.64. The van der Waals surface area contributed by atoms with Crippen molar-refractivity contribution in [3.63, 3.8) is 0 Å². The SMILES string of the molecule is C#CC.CC(=N/C(C(=O)Nc1ccc2cc[nH]c2c1)=C(\C)N)c1cccnc1. The van der Waals surface area contributed by atoms with E-state index >= 15 is 0 Å². The minimum atomic E-state index is -0.353. The van der Waals surface area contributed by atoms with Crippen molar-refractivity contribution in [3.8, 4) is 12.3 Å². The summed E-state index contributed by atoms with van der Waals surface area (Å²) in [5.41, 5.74) is 9.54. The Morgan fingerprint density at radius 1 is 1.29 bits per heavy atom. The van der Waals surface area contributed by atoms with Crippen molar-refractivity contribution in [1.29, 1.82) is 0 Å². The predicted octanol–water partition coefficient (Wildman–Crippen LogP) is 3.84. The van der Waals surface area contributed by atoms with Crippen molar-refractivity contribution >= 4 is 28.2 Å². The van der Waals surface area contributed by atoms with Crippen LogP contribution in [0.4, 0.5) is 5.69 Å². The molecule has 6 nitrogen and oxygen atoms in total. The number of hydrogen-bond acceptors (Lipinski definition) is 4. The molecule has 4 N–H and O–H groups in total. The van der Waals surface area contributed by atoms with E-state index in [9.17, 15) is 4.79 Å². The quantitative estimate of drug-likeness (QED) is 0.368. The maximum absolute atomic E-state index is 12.6. The second kappa shape index (κ2) is 9.74. The molecule has 0 saturated carbocycles. The highest BCUT2D eigenvalue weighted by Gasteiger charge is 2.13. The normalized spacial score (nSPS) is 11.7. The summed E-state index contributed by atoms with van der Waals surface area (Å²) in [5.74, 6) is 1.90. The van der Waals surface area contributed by atoms with Gasteiger partial charge in [-0.2, -0.15) is 0 Å². The van der Waals surface area contributed by atoms with E-state index in [-0.39, 0.29) is 11.6 Å². The molecule has 0 aliphatic carbocycles. The monoisotopic (exact) mass is 373 g/mol. The number of aliphatic imine (C=N–C) groups is 1. The molecule has 0 spiro atoms. The van der Waals surface area contributed by atoms with Gasteiger partial charge in [-0.25, -0.2) is 4.99 Å². The number of nitrogens with one attached hydrogen (secondary N) is 2. The molecule has 0 saturated heterocycles. The maximum atomic E-state index is 12.6. The maximum Gasteiger partial charge on any atom is 0.276 e. The smallest absolute Gasteiger partial charge is 0.276 e. The van der Waals surface area contributed by atoms with Crippen LogP contribution in [0.5, 0.6) is 0 Å². The summed E-state index contributed by atoms with van der Waals surface area (Å²) in [6, 6.07) is 11.3. The van der Waals surface area contributed by atoms with Crippen LogP contribution in [0.1, 0.15) is 26.3 Å². The fourth-order valence-electron chi connectivity index (χ4n) is 2.44. The third-order valence-corrected chi connectivity index (χ3v) is 3.76. The Morgan fingerprint density at radius 2 is 2.04 bits per heavy atom. The van der Waals surface area contributed by atoms with Crippen molar-refractivity contribution in [2.45, 2.75) is 20.8 Å². The van der Waals surface area contributed by atoms with Gasteiger partial charge < -0.3 is 16.0 Å². The molecule has 0 bridgehead atoms. The summed E-state index contributed by atoms with van der Waals surface area (Å²) in [6.45, 7) is 5.13. The van der Waals surface area contributed by atoms with E-state index in [1.807, 2.05) is 49.5 Å². The number of pyridine rings is 1. The van der Waals surface area contributed by atoms with Crippen molar-refractivity contribution in [2.75, 3.05) is 5.32 Å². The summed E-state index contributed by atoms with van der Waals surface area (Å²) in [4.78, 5) is 24.2. The number of carbonyl (C=O) groups excluding carboxylic acids is 1. The van der Waals surface area contributed by atoms with Crippen LogP contribution in [0, 0.1) is 12.3 Å². The molecule has 3 aromatic rings. The zero-order valence-corrected chi connectivity index (χ0v) is 16.2. The number of hydrogen-bond donors (Lipinski definition) is 3. The van der Waals surface area contributed by atoms with Crippen LogP contribution < -0.4 is 11.1 Å². The van der Waals surface area contributed by atoms with Crippen LogP contribution in [0.25, 0.3) is 10.9 Å². The number of nitrogens with two attached hydrogens (primary N) is 1. The lowest BCUT2D eigenvalue weighted by Gasteiger charge is -2.09. The summed E-state index contributed by atoms with van der Waals surface area (Å²) in [6.07, 6.45) is 9.83. The molecule has 142 valence electrons. The minimum absolute atomic E-state index is 0.188. The second-order valence-electron chi connectivity index (χ2n) is 5.99. The number of H-pyrrole nitrogens is 1. The van der Waals surface area contributed by atoms with Crippen molar-refractivity contribution < 1.29 is 4.79 Å². The molecule has 3 rings (SSSR count). The number of anilines is 1. The summed E-state index contributed by atoms with van der Waals surface area (Å²) >= 11 is 0. The van der Waals surface area contributed by atoms with Crippen molar-refractivity contribution in [3.05, 3.63) is 71.9 Å². The third-order valence-electron chi connectivity index (χ3n) is 3.76. The molecule has 6 heteroatoms. The molecule has 1 amide bonds. The molecule has 28 heavy (non-hydrogen) atoms. The van der Waals surface area contributed by atoms with E-state index in [1.165, 1.54) is 0 Å². The first-order valence-electron chi connectivity index (χ1n) is 8.64. The molecule has 0 aliphatic heterocycles. The Morgan fingerprint density at radius 3 is 2.68 bits per heavy atom. The Balaban J connectivity index is 0.000000878. The fourth-order valence-corrected chi connectivity index (χ4v) is 2.44. The van der Waals surface area contributed by atoms with Crippen LogP contribution in [0.2, 0.25) is 0 Å². The van der Waals surface area contributed by atoms with Crippen LogP contribution in [0.3, 0.4) is 0 Å². The van der Waals surface area contributed by atoms with Crippen molar-refractivity contribution in [2.24, 2.45) is 10.7 Å². The van der Waals surface area contributed by atoms with Crippen LogP contribution in [-0.2, 0) is 4.79 Å². The molecule has 0 radical (unpaired) electrons. The molecule has 2 aromatic heterocycles. The van der Waals surface area contributed by atoms with Gasteiger partial charge in [-0.3, -0.25) is 9.78 Å². The average Bonchev–Trinajstić information content (AvgIpc) is 3.14. The minimum Gasteiger partial charge on any atom is -0.400 e. The van der Waals surface area contributed by atoms with E-state index in [4.69, 9.17) is 5.73 Å². The molecule has 0 aliphatic rings. The highest BCUT2D eigenvalue weighted by molar-refractivity contribution is 6.08. The molecule has 2 heterocycles. The third kappa shape index (κ3) is 5.32. The number of aromatic amines is 1. The van der Waals surface area contributed by atoms with E-state index < -0.39 is 0 Å². The number of terminal acetylenes is 1. The number of benzene rings is 1. The largest absolute Gasteiger partial charge is 0.400 e. The summed E-state index contributed by atoms with van der Waals surface area (Å²) in [7, 11) is 0. The van der Waals surface area contributed by atoms with Gasteiger partial charge in [0.25, 0.3) is 5.91 Å². The van der Waals surface area contributed by atoms with E-state index in [0.29, 0.717) is 17.1 Å². The van der Waals surface area contributed by atoms with Gasteiger partial charge in [0.1, 0.15) is 5.70 Å². The number of nitrogens with zero attached hydrogens (tertiary/aromatic N) is 2. The van der Waals surface area contributed by atoms with E-state index in [2.05, 4.69) is 32.6 Å². The molecule has 0 fully saturated rings. The molecule has 0 atom stereocenters. The van der Waals surface area contributed by atoms with Crippen LogP contribution in [0.15, 0.2) is 71.4 Å². The number of aromatic nitrogens is 2. The average molecular weight is 373 g/mol. The van der Waals surface area contributed by atoms with Gasteiger partial charge in [0.05, 0.1) is 0 Å². The zero-order chi connectivity index (χ0) is 20.5. The number of rotatable bonds is 4. The van der Waals surface area contributed by atoms with Gasteiger partial charge in [-0.15, -0.1) is 12.3 Å². The highest BCUT2D eigenvalue weighted by Crippen LogP contribution is 2.19. The number of allylic oxidation sites excluding steroid dienone is 1. The summed E-state index contributed by atoms with van der Waals surface area (Å²) in [5, 5.41) is 3.92. The fraction of sp³-hybridized carbons (Fsp3) is 0.136. The predicted molar refractivity (Wildman–Crippen MR) is 115 cm³/mol. The van der Waals surface area contributed by atoms with Gasteiger partial charge in [0.2, 0.25) is 0 Å². The zero-order valence-electron chi connectivity index (χ0n) is 16.2. The van der Waals surface area contributed by atoms with Crippen LogP contribution in [-0.4, -0.2) is 21.6 Å². The highest BCUT2D eigenvalue weighted by atomic mass is 16.2. The van der Waals surface area contributed by atoms with Gasteiger partial charge >= 0.3 is 0 Å². The second-order valence-corrected chi connectivity index (χ2v) is 5.99. The Hall–Kier alpha value is -3.85. The lowest BCUT2D eigenvalue weighted by Crippen LogP contribution is -2.18. The van der Waals surface area contributed by atoms with Gasteiger partial charge in [-0.05, 0) is 50.4 Å². The van der Waals surface area contributed by atoms with Crippen molar-refractivity contribution in [1.82, 2.24) is 9.97 Å². The molecule has 1 aromatic carbocycles. The lowest BCUT2D eigenvalue weighted by atomic mass is 10.2. The summed E-state index contributed by atoms with van der Waals surface area (Å²) < 4.78 is 0. The first-order chi connectivity index (χ1) is 13.5.